The number of nitrogens with zero attached hydrogens (tertiary/aromatic N) is 2. The summed E-state index contributed by atoms with van der Waals surface area (Å²) in [7, 11) is 0. The molecule has 0 aliphatic carbocycles. The molecule has 2 aromatic rings. The quantitative estimate of drug-likeness (QED) is 0.784. The standard InChI is InChI=1S/C15H14N2O2/c18-11-19-14-4-5-15-12(9-14)6-8-17(15)10-13-3-1-2-7-16-13/h1-5,7,9,11H,6,8,10H2. The molecule has 0 saturated carbocycles. The SMILES string of the molecule is O=COc1ccc2c(c1)CCN2Cc1ccccn1. The van der Waals surface area contributed by atoms with E-state index >= 15 is 0 Å². The number of aromatic nitrogens is 1. The van der Waals surface area contributed by atoms with Crippen molar-refractivity contribution in [3.8, 4) is 5.75 Å². The Morgan fingerprint density at radius 3 is 3.05 bits per heavy atom. The molecule has 1 aliphatic heterocycles. The molecule has 0 amide bonds. The van der Waals surface area contributed by atoms with Crippen molar-refractivity contribution in [1.82, 2.24) is 4.98 Å². The first-order valence-electron chi connectivity index (χ1n) is 6.25. The minimum atomic E-state index is 0.461. The highest BCUT2D eigenvalue weighted by Crippen LogP contribution is 2.31. The second-order valence-corrected chi connectivity index (χ2v) is 4.50. The lowest BCUT2D eigenvalue weighted by Crippen LogP contribution is -2.20. The second kappa shape index (κ2) is 5.10. The van der Waals surface area contributed by atoms with Crippen molar-refractivity contribution in [3.63, 3.8) is 0 Å². The maximum absolute atomic E-state index is 10.3. The molecule has 0 fully saturated rings. The Morgan fingerprint density at radius 1 is 1.32 bits per heavy atom. The van der Waals surface area contributed by atoms with Crippen molar-refractivity contribution in [2.75, 3.05) is 11.4 Å². The predicted octanol–water partition coefficient (Wildman–Crippen LogP) is 2.18. The van der Waals surface area contributed by atoms with Crippen LogP contribution in [-0.2, 0) is 17.8 Å². The van der Waals surface area contributed by atoms with Crippen LogP contribution in [0.3, 0.4) is 0 Å². The summed E-state index contributed by atoms with van der Waals surface area (Å²) in [6.07, 6.45) is 2.78. The molecule has 2 heterocycles. The maximum atomic E-state index is 10.3. The summed E-state index contributed by atoms with van der Waals surface area (Å²) in [6.45, 7) is 2.24. The van der Waals surface area contributed by atoms with E-state index in [0.717, 1.165) is 25.2 Å². The summed E-state index contributed by atoms with van der Waals surface area (Å²) in [5.74, 6) is 0.605. The zero-order valence-electron chi connectivity index (χ0n) is 10.5. The number of carbonyl (C=O) groups is 1. The van der Waals surface area contributed by atoms with Crippen molar-refractivity contribution in [2.45, 2.75) is 13.0 Å². The smallest absolute Gasteiger partial charge is 0.298 e. The fourth-order valence-electron chi connectivity index (χ4n) is 2.43. The molecule has 19 heavy (non-hydrogen) atoms. The number of hydrogen-bond donors (Lipinski definition) is 0. The molecule has 0 radical (unpaired) electrons. The summed E-state index contributed by atoms with van der Waals surface area (Å²) in [5.41, 5.74) is 3.47. The highest BCUT2D eigenvalue weighted by atomic mass is 16.5. The molecule has 1 aliphatic rings. The lowest BCUT2D eigenvalue weighted by Gasteiger charge is -2.18. The molecular formula is C15H14N2O2. The molecule has 0 saturated heterocycles. The van der Waals surface area contributed by atoms with Gasteiger partial charge in [0.15, 0.2) is 0 Å². The normalized spacial score (nSPS) is 13.2. The Bertz CT molecular complexity index is 584. The third-order valence-corrected chi connectivity index (χ3v) is 3.31. The lowest BCUT2D eigenvalue weighted by molar-refractivity contribution is -0.120. The highest BCUT2D eigenvalue weighted by Gasteiger charge is 2.19. The average Bonchev–Trinajstić information content (AvgIpc) is 2.83. The van der Waals surface area contributed by atoms with Gasteiger partial charge in [-0.1, -0.05) is 6.07 Å². The highest BCUT2D eigenvalue weighted by molar-refractivity contribution is 5.61. The molecule has 0 atom stereocenters. The van der Waals surface area contributed by atoms with E-state index < -0.39 is 0 Å². The molecule has 0 N–H and O–H groups in total. The van der Waals surface area contributed by atoms with Gasteiger partial charge in [0.2, 0.25) is 0 Å². The van der Waals surface area contributed by atoms with E-state index in [4.69, 9.17) is 4.74 Å². The Hall–Kier alpha value is -2.36. The molecule has 0 unspecified atom stereocenters. The van der Waals surface area contributed by atoms with Crippen LogP contribution in [0, 0.1) is 0 Å². The Kier molecular flexibility index (Phi) is 3.14. The van der Waals surface area contributed by atoms with Gasteiger partial charge < -0.3 is 9.64 Å². The maximum Gasteiger partial charge on any atom is 0.298 e. The van der Waals surface area contributed by atoms with Crippen molar-refractivity contribution < 1.29 is 9.53 Å². The fourth-order valence-corrected chi connectivity index (χ4v) is 2.43. The third kappa shape index (κ3) is 2.42. The summed E-state index contributed by atoms with van der Waals surface area (Å²) in [5, 5.41) is 0. The van der Waals surface area contributed by atoms with Gasteiger partial charge in [-0.25, -0.2) is 0 Å². The number of pyridine rings is 1. The average molecular weight is 254 g/mol. The first-order valence-corrected chi connectivity index (χ1v) is 6.25. The monoisotopic (exact) mass is 254 g/mol. The predicted molar refractivity (Wildman–Crippen MR) is 72.1 cm³/mol. The van der Waals surface area contributed by atoms with Gasteiger partial charge in [-0.05, 0) is 42.3 Å². The molecular weight excluding hydrogens is 240 g/mol. The minimum absolute atomic E-state index is 0.461. The van der Waals surface area contributed by atoms with Crippen LogP contribution in [0.4, 0.5) is 5.69 Å². The van der Waals surface area contributed by atoms with Crippen LogP contribution in [0.5, 0.6) is 5.75 Å². The van der Waals surface area contributed by atoms with Crippen molar-refractivity contribution in [2.24, 2.45) is 0 Å². The molecule has 3 rings (SSSR count). The third-order valence-electron chi connectivity index (χ3n) is 3.31. The van der Waals surface area contributed by atoms with Crippen LogP contribution in [-0.4, -0.2) is 18.0 Å². The van der Waals surface area contributed by atoms with Crippen molar-refractivity contribution in [3.05, 3.63) is 53.9 Å². The Morgan fingerprint density at radius 2 is 2.26 bits per heavy atom. The van der Waals surface area contributed by atoms with Crippen LogP contribution in [0.1, 0.15) is 11.3 Å². The van der Waals surface area contributed by atoms with Crippen LogP contribution in [0.15, 0.2) is 42.6 Å². The van der Waals surface area contributed by atoms with Crippen molar-refractivity contribution in [1.29, 1.82) is 0 Å². The van der Waals surface area contributed by atoms with Gasteiger partial charge in [0.25, 0.3) is 6.47 Å². The van der Waals surface area contributed by atoms with Gasteiger partial charge in [0.05, 0.1) is 12.2 Å². The molecule has 96 valence electrons. The number of carbonyl (C=O) groups excluding carboxylic acids is 1. The summed E-state index contributed by atoms with van der Waals surface area (Å²) in [6, 6.07) is 11.7. The van der Waals surface area contributed by atoms with E-state index in [2.05, 4.69) is 9.88 Å². The zero-order chi connectivity index (χ0) is 13.1. The number of hydrogen-bond acceptors (Lipinski definition) is 4. The number of rotatable bonds is 4. The van der Waals surface area contributed by atoms with E-state index in [9.17, 15) is 4.79 Å². The van der Waals surface area contributed by atoms with Gasteiger partial charge in [-0.3, -0.25) is 9.78 Å². The fraction of sp³-hybridized carbons (Fsp3) is 0.200. The van der Waals surface area contributed by atoms with Gasteiger partial charge in [-0.15, -0.1) is 0 Å². The number of ether oxygens (including phenoxy) is 1. The Labute approximate surface area is 111 Å². The number of anilines is 1. The number of benzene rings is 1. The molecule has 1 aromatic heterocycles. The van der Waals surface area contributed by atoms with Crippen LogP contribution in [0.25, 0.3) is 0 Å². The molecule has 0 bridgehead atoms. The zero-order valence-corrected chi connectivity index (χ0v) is 10.5. The largest absolute Gasteiger partial charge is 0.429 e. The van der Waals surface area contributed by atoms with Crippen molar-refractivity contribution >= 4 is 12.2 Å². The minimum Gasteiger partial charge on any atom is -0.429 e. The summed E-state index contributed by atoms with van der Waals surface area (Å²) >= 11 is 0. The van der Waals surface area contributed by atoms with E-state index in [-0.39, 0.29) is 0 Å². The van der Waals surface area contributed by atoms with Gasteiger partial charge in [0.1, 0.15) is 5.75 Å². The lowest BCUT2D eigenvalue weighted by atomic mass is 10.1. The topological polar surface area (TPSA) is 42.4 Å². The summed E-state index contributed by atoms with van der Waals surface area (Å²) < 4.78 is 4.87. The molecule has 0 spiro atoms. The molecule has 4 nitrogen and oxygen atoms in total. The van der Waals surface area contributed by atoms with Crippen LogP contribution < -0.4 is 9.64 Å². The second-order valence-electron chi connectivity index (χ2n) is 4.50. The van der Waals surface area contributed by atoms with E-state index in [1.165, 1.54) is 11.3 Å². The van der Waals surface area contributed by atoms with E-state index in [0.29, 0.717) is 12.2 Å². The number of fused-ring (bicyclic) bond motifs is 1. The van der Waals surface area contributed by atoms with Crippen LogP contribution >= 0.6 is 0 Å². The summed E-state index contributed by atoms with van der Waals surface area (Å²) in [4.78, 5) is 17.0. The first kappa shape index (κ1) is 11.7. The molecule has 1 aromatic carbocycles. The van der Waals surface area contributed by atoms with Gasteiger partial charge in [-0.2, -0.15) is 0 Å². The van der Waals surface area contributed by atoms with E-state index in [1.807, 2.05) is 42.6 Å². The van der Waals surface area contributed by atoms with Crippen LogP contribution in [0.2, 0.25) is 0 Å². The first-order chi connectivity index (χ1) is 9.36. The van der Waals surface area contributed by atoms with Gasteiger partial charge >= 0.3 is 0 Å². The Balaban J connectivity index is 1.80. The van der Waals surface area contributed by atoms with Gasteiger partial charge in [0, 0.05) is 18.4 Å². The van der Waals surface area contributed by atoms with E-state index in [1.54, 1.807) is 0 Å². The molecule has 4 heteroatoms.